The largest absolute Gasteiger partial charge is 0.378 e. The molecular weight excluding hydrogens is 639 g/mol. The van der Waals surface area contributed by atoms with E-state index in [1.807, 2.05) is 51.0 Å². The van der Waals surface area contributed by atoms with Crippen LogP contribution in [0.3, 0.4) is 0 Å². The molecule has 3 aromatic carbocycles. The first-order chi connectivity index (χ1) is 24.1. The van der Waals surface area contributed by atoms with E-state index in [0.717, 1.165) is 34.4 Å². The van der Waals surface area contributed by atoms with E-state index in [4.69, 9.17) is 19.2 Å². The van der Waals surface area contributed by atoms with E-state index in [0.29, 0.717) is 79.4 Å². The second-order valence-electron chi connectivity index (χ2n) is 12.9. The zero-order valence-corrected chi connectivity index (χ0v) is 28.5. The molecule has 3 amide bonds. The predicted molar refractivity (Wildman–Crippen MR) is 190 cm³/mol. The van der Waals surface area contributed by atoms with Crippen LogP contribution in [0, 0.1) is 19.7 Å². The fourth-order valence-corrected chi connectivity index (χ4v) is 6.58. The lowest BCUT2D eigenvalue weighted by atomic mass is 10.0. The molecular formula is C37H39FN8O4. The number of fused-ring (bicyclic) bond motifs is 1. The number of likely N-dealkylation sites (tertiary alicyclic amines) is 1. The van der Waals surface area contributed by atoms with E-state index in [1.165, 1.54) is 12.1 Å². The number of benzene rings is 3. The van der Waals surface area contributed by atoms with Gasteiger partial charge >= 0.3 is 6.03 Å². The molecule has 5 aromatic rings. The van der Waals surface area contributed by atoms with Gasteiger partial charge in [0.15, 0.2) is 5.82 Å². The van der Waals surface area contributed by atoms with Crippen molar-refractivity contribution in [1.82, 2.24) is 24.9 Å². The Morgan fingerprint density at radius 3 is 2.36 bits per heavy atom. The average molecular weight is 679 g/mol. The van der Waals surface area contributed by atoms with Gasteiger partial charge in [-0.1, -0.05) is 11.2 Å². The molecule has 50 heavy (non-hydrogen) atoms. The van der Waals surface area contributed by atoms with Crippen molar-refractivity contribution in [3.8, 4) is 22.5 Å². The summed E-state index contributed by atoms with van der Waals surface area (Å²) >= 11 is 0. The van der Waals surface area contributed by atoms with Crippen LogP contribution in [-0.4, -0.2) is 96.4 Å². The van der Waals surface area contributed by atoms with Crippen molar-refractivity contribution in [2.75, 3.05) is 69.0 Å². The van der Waals surface area contributed by atoms with Gasteiger partial charge in [0.1, 0.15) is 17.4 Å². The highest BCUT2D eigenvalue weighted by Gasteiger charge is 2.28. The van der Waals surface area contributed by atoms with E-state index in [2.05, 4.69) is 25.6 Å². The van der Waals surface area contributed by atoms with Gasteiger partial charge in [0.2, 0.25) is 0 Å². The van der Waals surface area contributed by atoms with Crippen molar-refractivity contribution < 1.29 is 23.2 Å². The summed E-state index contributed by atoms with van der Waals surface area (Å²) in [6.07, 6.45) is 0.937. The standard InChI is InChI=1S/C37H39FN8O4/c1-22-33(23(2)50-43-22)25-7-11-29-32(20-25)40-34(42-35(29)45-15-17-49-18-16-45)26-8-12-31(30(38)19-26)41-37(48)39-27-9-5-24(6-10-27)36(47)46-14-13-28(21-46)44(3)4/h5-12,19-20,28H,13-18,21H2,1-4H3,(H2,39,41,48). The van der Waals surface area contributed by atoms with Crippen LogP contribution in [0.1, 0.15) is 28.2 Å². The Labute approximate surface area is 289 Å². The number of morpholine rings is 1. The van der Waals surface area contributed by atoms with E-state index in [1.54, 1.807) is 30.3 Å². The number of hydrogen-bond acceptors (Lipinski definition) is 9. The molecule has 2 fully saturated rings. The fourth-order valence-electron chi connectivity index (χ4n) is 6.58. The molecule has 2 aliphatic heterocycles. The second kappa shape index (κ2) is 13.8. The van der Waals surface area contributed by atoms with Crippen LogP contribution < -0.4 is 15.5 Å². The number of likely N-dealkylation sites (N-methyl/N-ethyl adjacent to an activating group) is 1. The maximum Gasteiger partial charge on any atom is 0.323 e. The smallest absolute Gasteiger partial charge is 0.323 e. The van der Waals surface area contributed by atoms with Crippen LogP contribution in [0.4, 0.5) is 26.4 Å². The number of carbonyl (C=O) groups excluding carboxylic acids is 2. The molecule has 1 atom stereocenters. The third-order valence-corrected chi connectivity index (χ3v) is 9.36. The maximum absolute atomic E-state index is 15.5. The molecule has 4 heterocycles. The SMILES string of the molecule is Cc1noc(C)c1-c1ccc2c(N3CCOCC3)nc(-c3ccc(NC(=O)Nc4ccc(C(=O)N5CCC(N(C)C)C5)cc4)c(F)c3)nc2c1. The third kappa shape index (κ3) is 6.74. The summed E-state index contributed by atoms with van der Waals surface area (Å²) in [7, 11) is 4.04. The third-order valence-electron chi connectivity index (χ3n) is 9.36. The quantitative estimate of drug-likeness (QED) is 0.214. The van der Waals surface area contributed by atoms with Gasteiger partial charge in [-0.3, -0.25) is 4.79 Å². The van der Waals surface area contributed by atoms with Gasteiger partial charge in [-0.2, -0.15) is 0 Å². The molecule has 0 saturated carbocycles. The summed E-state index contributed by atoms with van der Waals surface area (Å²) in [6.45, 7) is 7.65. The van der Waals surface area contributed by atoms with Crippen molar-refractivity contribution in [2.45, 2.75) is 26.3 Å². The van der Waals surface area contributed by atoms with Gasteiger partial charge in [-0.05, 0) is 94.5 Å². The van der Waals surface area contributed by atoms with Crippen molar-refractivity contribution in [2.24, 2.45) is 0 Å². The lowest BCUT2D eigenvalue weighted by molar-refractivity contribution is 0.0783. The van der Waals surface area contributed by atoms with Gasteiger partial charge in [0, 0.05) is 60.0 Å². The normalized spacial score (nSPS) is 16.3. The molecule has 2 aromatic heterocycles. The number of nitrogens with one attached hydrogen (secondary N) is 2. The number of ether oxygens (including phenoxy) is 1. The summed E-state index contributed by atoms with van der Waals surface area (Å²) in [5, 5.41) is 10.3. The van der Waals surface area contributed by atoms with Gasteiger partial charge in [-0.25, -0.2) is 19.2 Å². The Bertz CT molecular complexity index is 2040. The molecule has 0 bridgehead atoms. The molecule has 0 aliphatic carbocycles. The zero-order valence-electron chi connectivity index (χ0n) is 28.5. The van der Waals surface area contributed by atoms with Crippen LogP contribution in [-0.2, 0) is 4.74 Å². The van der Waals surface area contributed by atoms with Crippen LogP contribution in [0.2, 0.25) is 0 Å². The number of urea groups is 1. The predicted octanol–water partition coefficient (Wildman–Crippen LogP) is 5.96. The van der Waals surface area contributed by atoms with E-state index < -0.39 is 11.8 Å². The van der Waals surface area contributed by atoms with E-state index in [-0.39, 0.29) is 11.6 Å². The minimum absolute atomic E-state index is 0.00239. The summed E-state index contributed by atoms with van der Waals surface area (Å²) in [6, 6.07) is 16.9. The molecule has 2 aliphatic rings. The molecule has 12 nitrogen and oxygen atoms in total. The first-order valence-electron chi connectivity index (χ1n) is 16.7. The number of halogens is 1. The van der Waals surface area contributed by atoms with Gasteiger partial charge < -0.3 is 34.6 Å². The molecule has 2 saturated heterocycles. The summed E-state index contributed by atoms with van der Waals surface area (Å²) in [5.74, 6) is 1.13. The number of rotatable bonds is 7. The van der Waals surface area contributed by atoms with Crippen molar-refractivity contribution in [3.05, 3.63) is 83.5 Å². The van der Waals surface area contributed by atoms with Crippen molar-refractivity contribution in [1.29, 1.82) is 0 Å². The number of aryl methyl sites for hydroxylation is 2. The van der Waals surface area contributed by atoms with Crippen LogP contribution in [0.25, 0.3) is 33.4 Å². The number of amides is 3. The minimum atomic E-state index is -0.638. The van der Waals surface area contributed by atoms with Crippen molar-refractivity contribution in [3.63, 3.8) is 0 Å². The number of aromatic nitrogens is 3. The number of hydrogen-bond donors (Lipinski definition) is 2. The van der Waals surface area contributed by atoms with Crippen molar-refractivity contribution >= 4 is 40.0 Å². The van der Waals surface area contributed by atoms with E-state index >= 15 is 4.39 Å². The van der Waals surface area contributed by atoms with Crippen LogP contribution in [0.5, 0.6) is 0 Å². The monoisotopic (exact) mass is 678 g/mol. The average Bonchev–Trinajstić information content (AvgIpc) is 3.75. The zero-order chi connectivity index (χ0) is 34.9. The highest BCUT2D eigenvalue weighted by molar-refractivity contribution is 6.01. The Hall–Kier alpha value is -5.40. The lowest BCUT2D eigenvalue weighted by Crippen LogP contribution is -2.37. The van der Waals surface area contributed by atoms with Gasteiger partial charge in [0.05, 0.1) is 30.1 Å². The number of carbonyl (C=O) groups is 2. The Morgan fingerprint density at radius 2 is 1.68 bits per heavy atom. The number of anilines is 3. The lowest BCUT2D eigenvalue weighted by Gasteiger charge is -2.29. The molecule has 258 valence electrons. The molecule has 13 heteroatoms. The second-order valence-corrected chi connectivity index (χ2v) is 12.9. The highest BCUT2D eigenvalue weighted by Crippen LogP contribution is 2.34. The summed E-state index contributed by atoms with van der Waals surface area (Å²) in [4.78, 5) is 41.7. The topological polar surface area (TPSA) is 129 Å². The van der Waals surface area contributed by atoms with Crippen LogP contribution in [0.15, 0.2) is 65.2 Å². The fraction of sp³-hybridized carbons (Fsp3) is 0.324. The Kier molecular flexibility index (Phi) is 9.17. The van der Waals surface area contributed by atoms with Gasteiger partial charge in [0.25, 0.3) is 5.91 Å². The first kappa shape index (κ1) is 33.1. The van der Waals surface area contributed by atoms with Crippen LogP contribution >= 0.6 is 0 Å². The Morgan fingerprint density at radius 1 is 0.920 bits per heavy atom. The summed E-state index contributed by atoms with van der Waals surface area (Å²) < 4.78 is 26.5. The van der Waals surface area contributed by atoms with Gasteiger partial charge in [-0.15, -0.1) is 0 Å². The molecule has 7 rings (SSSR count). The highest BCUT2D eigenvalue weighted by atomic mass is 19.1. The maximum atomic E-state index is 15.5. The van der Waals surface area contributed by atoms with E-state index in [9.17, 15) is 9.59 Å². The number of nitrogens with zero attached hydrogens (tertiary/aromatic N) is 6. The molecule has 1 unspecified atom stereocenters. The first-order valence-corrected chi connectivity index (χ1v) is 16.7. The summed E-state index contributed by atoms with van der Waals surface area (Å²) in [5.41, 5.74) is 4.77. The Balaban J connectivity index is 1.09. The minimum Gasteiger partial charge on any atom is -0.378 e. The molecule has 2 N–H and O–H groups in total. The molecule has 0 radical (unpaired) electrons. The molecule has 0 spiro atoms.